The van der Waals surface area contributed by atoms with Gasteiger partial charge in [-0.05, 0) is 19.4 Å². The largest absolute Gasteiger partial charge is 0.396 e. The molecule has 0 aliphatic heterocycles. The van der Waals surface area contributed by atoms with E-state index in [9.17, 15) is 4.79 Å². The van der Waals surface area contributed by atoms with Gasteiger partial charge in [0, 0.05) is 26.1 Å². The second-order valence-corrected chi connectivity index (χ2v) is 7.88. The Kier molecular flexibility index (Phi) is 22.9. The molecule has 0 radical (unpaired) electrons. The molecule has 0 rings (SSSR count). The summed E-state index contributed by atoms with van der Waals surface area (Å²) in [6.07, 6.45) is 21.7. The standard InChI is InChI=1S/C23H48N2O2/c1-2-3-4-5-6-7-8-9-10-11-12-13-14-15-16-18-23(27)25-21-20-24-19-17-22-26/h24,26H,2-22H2,1H3,(H,25,27). The minimum absolute atomic E-state index is 0.175. The number of hydrogen-bond donors (Lipinski definition) is 3. The highest BCUT2D eigenvalue weighted by Crippen LogP contribution is 2.13. The first-order chi connectivity index (χ1) is 13.3. The van der Waals surface area contributed by atoms with Gasteiger partial charge < -0.3 is 15.7 Å². The van der Waals surface area contributed by atoms with Crippen molar-refractivity contribution in [2.75, 3.05) is 26.2 Å². The molecule has 0 fully saturated rings. The van der Waals surface area contributed by atoms with Crippen molar-refractivity contribution in [2.45, 2.75) is 116 Å². The van der Waals surface area contributed by atoms with Gasteiger partial charge in [0.2, 0.25) is 5.91 Å². The van der Waals surface area contributed by atoms with Crippen LogP contribution in [0.5, 0.6) is 0 Å². The molecule has 0 aromatic heterocycles. The number of aliphatic hydroxyl groups is 1. The van der Waals surface area contributed by atoms with Gasteiger partial charge in [-0.3, -0.25) is 4.79 Å². The zero-order valence-corrected chi connectivity index (χ0v) is 18.2. The average Bonchev–Trinajstić information content (AvgIpc) is 2.67. The lowest BCUT2D eigenvalue weighted by Crippen LogP contribution is -2.32. The first kappa shape index (κ1) is 26.4. The molecule has 3 N–H and O–H groups in total. The second-order valence-electron chi connectivity index (χ2n) is 7.88. The molecule has 0 spiro atoms. The van der Waals surface area contributed by atoms with Gasteiger partial charge in [-0.25, -0.2) is 0 Å². The van der Waals surface area contributed by atoms with Gasteiger partial charge in [-0.15, -0.1) is 0 Å². The van der Waals surface area contributed by atoms with Gasteiger partial charge in [0.15, 0.2) is 0 Å². The highest BCUT2D eigenvalue weighted by atomic mass is 16.3. The van der Waals surface area contributed by atoms with E-state index in [2.05, 4.69) is 17.6 Å². The quantitative estimate of drug-likeness (QED) is 0.221. The van der Waals surface area contributed by atoms with E-state index < -0.39 is 0 Å². The number of carbonyl (C=O) groups excluding carboxylic acids is 1. The fourth-order valence-corrected chi connectivity index (χ4v) is 3.36. The summed E-state index contributed by atoms with van der Waals surface area (Å²) in [5.74, 6) is 0.175. The van der Waals surface area contributed by atoms with Crippen molar-refractivity contribution < 1.29 is 9.90 Å². The van der Waals surface area contributed by atoms with Crippen molar-refractivity contribution in [3.8, 4) is 0 Å². The van der Waals surface area contributed by atoms with Gasteiger partial charge >= 0.3 is 0 Å². The highest BCUT2D eigenvalue weighted by Gasteiger charge is 2.00. The number of hydrogen-bond acceptors (Lipinski definition) is 3. The smallest absolute Gasteiger partial charge is 0.220 e. The van der Waals surface area contributed by atoms with Crippen LogP contribution in [0.4, 0.5) is 0 Å². The number of amides is 1. The van der Waals surface area contributed by atoms with Crippen LogP contribution in [0.3, 0.4) is 0 Å². The van der Waals surface area contributed by atoms with Crippen LogP contribution in [0.15, 0.2) is 0 Å². The molecule has 0 heterocycles. The molecule has 0 aromatic rings. The Morgan fingerprint density at radius 1 is 0.630 bits per heavy atom. The van der Waals surface area contributed by atoms with Crippen molar-refractivity contribution in [3.63, 3.8) is 0 Å². The SMILES string of the molecule is CCCCCCCCCCCCCCCCCC(=O)NCCNCCCO. The maximum absolute atomic E-state index is 11.7. The molecule has 0 saturated carbocycles. The topological polar surface area (TPSA) is 61.4 Å². The average molecular weight is 385 g/mol. The summed E-state index contributed by atoms with van der Waals surface area (Å²) in [5.41, 5.74) is 0. The van der Waals surface area contributed by atoms with Crippen LogP contribution < -0.4 is 10.6 Å². The van der Waals surface area contributed by atoms with Crippen LogP contribution in [0.2, 0.25) is 0 Å². The fourth-order valence-electron chi connectivity index (χ4n) is 3.36. The minimum atomic E-state index is 0.175. The Morgan fingerprint density at radius 3 is 1.59 bits per heavy atom. The van der Waals surface area contributed by atoms with Crippen molar-refractivity contribution >= 4 is 5.91 Å². The third kappa shape index (κ3) is 23.4. The molecule has 0 atom stereocenters. The number of rotatable bonds is 22. The van der Waals surface area contributed by atoms with Crippen LogP contribution in [-0.2, 0) is 4.79 Å². The van der Waals surface area contributed by atoms with E-state index in [1.54, 1.807) is 0 Å². The Labute approximate surface area is 169 Å². The van der Waals surface area contributed by atoms with Gasteiger partial charge in [0.05, 0.1) is 0 Å². The summed E-state index contributed by atoms with van der Waals surface area (Å²) in [6, 6.07) is 0. The lowest BCUT2D eigenvalue weighted by molar-refractivity contribution is -0.121. The number of aliphatic hydroxyl groups excluding tert-OH is 1. The molecular formula is C23H48N2O2. The second kappa shape index (κ2) is 23.4. The predicted octanol–water partition coefficient (Wildman–Crippen LogP) is 5.34. The Balaban J connectivity index is 3.10. The van der Waals surface area contributed by atoms with E-state index in [1.165, 1.54) is 89.9 Å². The summed E-state index contributed by atoms with van der Waals surface area (Å²) < 4.78 is 0. The molecular weight excluding hydrogens is 336 g/mol. The lowest BCUT2D eigenvalue weighted by atomic mass is 10.0. The summed E-state index contributed by atoms with van der Waals surface area (Å²) in [5, 5.41) is 14.8. The molecule has 0 aliphatic carbocycles. The van der Waals surface area contributed by atoms with Gasteiger partial charge in [-0.1, -0.05) is 96.8 Å². The maximum Gasteiger partial charge on any atom is 0.220 e. The molecule has 4 nitrogen and oxygen atoms in total. The van der Waals surface area contributed by atoms with E-state index in [4.69, 9.17) is 5.11 Å². The Bertz CT molecular complexity index is 298. The normalized spacial score (nSPS) is 11.0. The van der Waals surface area contributed by atoms with Crippen LogP contribution in [0.25, 0.3) is 0 Å². The van der Waals surface area contributed by atoms with Gasteiger partial charge in [0.25, 0.3) is 0 Å². The molecule has 4 heteroatoms. The first-order valence-electron chi connectivity index (χ1n) is 11.9. The minimum Gasteiger partial charge on any atom is -0.396 e. The van der Waals surface area contributed by atoms with Crippen molar-refractivity contribution in [1.82, 2.24) is 10.6 Å². The van der Waals surface area contributed by atoms with Crippen LogP contribution in [0, 0.1) is 0 Å². The molecule has 27 heavy (non-hydrogen) atoms. The molecule has 0 aliphatic rings. The van der Waals surface area contributed by atoms with Crippen molar-refractivity contribution in [3.05, 3.63) is 0 Å². The first-order valence-corrected chi connectivity index (χ1v) is 11.9. The summed E-state index contributed by atoms with van der Waals surface area (Å²) >= 11 is 0. The van der Waals surface area contributed by atoms with Crippen molar-refractivity contribution in [1.29, 1.82) is 0 Å². The van der Waals surface area contributed by atoms with E-state index >= 15 is 0 Å². The highest BCUT2D eigenvalue weighted by molar-refractivity contribution is 5.75. The monoisotopic (exact) mass is 384 g/mol. The summed E-state index contributed by atoms with van der Waals surface area (Å²) in [6.45, 7) is 4.78. The van der Waals surface area contributed by atoms with E-state index in [-0.39, 0.29) is 12.5 Å². The van der Waals surface area contributed by atoms with Gasteiger partial charge in [-0.2, -0.15) is 0 Å². The van der Waals surface area contributed by atoms with E-state index in [0.29, 0.717) is 13.0 Å². The third-order valence-corrected chi connectivity index (χ3v) is 5.14. The van der Waals surface area contributed by atoms with Crippen LogP contribution in [0.1, 0.15) is 116 Å². The summed E-state index contributed by atoms with van der Waals surface area (Å²) in [4.78, 5) is 11.7. The van der Waals surface area contributed by atoms with Crippen molar-refractivity contribution in [2.24, 2.45) is 0 Å². The molecule has 162 valence electrons. The lowest BCUT2D eigenvalue weighted by Gasteiger charge is -2.06. The number of nitrogens with one attached hydrogen (secondary N) is 2. The Hall–Kier alpha value is -0.610. The number of carbonyl (C=O) groups is 1. The zero-order chi connectivity index (χ0) is 19.8. The van der Waals surface area contributed by atoms with E-state index in [1.807, 2.05) is 0 Å². The van der Waals surface area contributed by atoms with Crippen LogP contribution >= 0.6 is 0 Å². The molecule has 0 saturated heterocycles. The molecule has 1 amide bonds. The molecule has 0 aromatic carbocycles. The molecule has 0 bridgehead atoms. The maximum atomic E-state index is 11.7. The van der Waals surface area contributed by atoms with E-state index in [0.717, 1.165) is 25.9 Å². The predicted molar refractivity (Wildman–Crippen MR) is 117 cm³/mol. The van der Waals surface area contributed by atoms with Gasteiger partial charge in [0.1, 0.15) is 0 Å². The Morgan fingerprint density at radius 2 is 1.11 bits per heavy atom. The molecule has 0 unspecified atom stereocenters. The third-order valence-electron chi connectivity index (χ3n) is 5.14. The zero-order valence-electron chi connectivity index (χ0n) is 18.2. The summed E-state index contributed by atoms with van der Waals surface area (Å²) in [7, 11) is 0. The van der Waals surface area contributed by atoms with Crippen LogP contribution in [-0.4, -0.2) is 37.3 Å². The number of unbranched alkanes of at least 4 members (excludes halogenated alkanes) is 14. The fraction of sp³-hybridized carbons (Fsp3) is 0.957.